The van der Waals surface area contributed by atoms with Crippen molar-refractivity contribution in [3.05, 3.63) is 10.5 Å². The van der Waals surface area contributed by atoms with Gasteiger partial charge in [0.2, 0.25) is 0 Å². The van der Waals surface area contributed by atoms with Gasteiger partial charge >= 0.3 is 0 Å². The number of nitrogens with two attached hydrogens (primary N) is 1. The lowest BCUT2D eigenvalue weighted by molar-refractivity contribution is 0.271. The Labute approximate surface area is 125 Å². The molecule has 0 saturated carbocycles. The topological polar surface area (TPSA) is 57.4 Å². The molecule has 0 fully saturated rings. The van der Waals surface area contributed by atoms with Gasteiger partial charge in [0.1, 0.15) is 10.2 Å². The largest absolute Gasteiger partial charge is 0.490 e. The molecule has 0 amide bonds. The molecule has 2 rings (SSSR count). The van der Waals surface area contributed by atoms with Gasteiger partial charge in [0.05, 0.1) is 13.2 Å². The van der Waals surface area contributed by atoms with Crippen molar-refractivity contribution >= 4 is 42.6 Å². The van der Waals surface area contributed by atoms with Crippen LogP contribution in [0.15, 0.2) is 10.5 Å². The summed E-state index contributed by atoms with van der Waals surface area (Å²) in [5, 5.41) is 0.532. The molecule has 2 aromatic rings. The molecule has 0 unspecified atom stereocenters. The summed E-state index contributed by atoms with van der Waals surface area (Å²) in [6, 6.07) is 1.90. The predicted octanol–water partition coefficient (Wildman–Crippen LogP) is 4.22. The summed E-state index contributed by atoms with van der Waals surface area (Å²) < 4.78 is 13.4. The van der Waals surface area contributed by atoms with Crippen LogP contribution in [0.4, 0.5) is 5.13 Å². The average Bonchev–Trinajstić information content (AvgIpc) is 2.78. The van der Waals surface area contributed by atoms with Crippen molar-refractivity contribution in [1.29, 1.82) is 0 Å². The fourth-order valence-electron chi connectivity index (χ4n) is 1.67. The number of benzene rings is 1. The Hall–Kier alpha value is -1.01. The van der Waals surface area contributed by atoms with Crippen LogP contribution in [0.1, 0.15) is 26.7 Å². The lowest BCUT2D eigenvalue weighted by atomic mass is 10.3. The third-order valence-electron chi connectivity index (χ3n) is 2.47. The van der Waals surface area contributed by atoms with Crippen molar-refractivity contribution < 1.29 is 9.47 Å². The molecular formula is C13H17BrN2O2S. The van der Waals surface area contributed by atoms with E-state index in [1.807, 2.05) is 6.07 Å². The Bertz CT molecular complexity index is 571. The Kier molecular flexibility index (Phi) is 4.87. The third kappa shape index (κ3) is 3.12. The number of rotatable bonds is 6. The van der Waals surface area contributed by atoms with Crippen molar-refractivity contribution in [2.75, 3.05) is 18.9 Å². The zero-order valence-corrected chi connectivity index (χ0v) is 13.4. The van der Waals surface area contributed by atoms with Gasteiger partial charge in [-0.25, -0.2) is 4.98 Å². The second-order valence-corrected chi connectivity index (χ2v) is 6.00. The summed E-state index contributed by atoms with van der Waals surface area (Å²) in [5.74, 6) is 1.50. The van der Waals surface area contributed by atoms with E-state index in [1.54, 1.807) is 0 Å². The maximum absolute atomic E-state index is 5.83. The van der Waals surface area contributed by atoms with Gasteiger partial charge in [0.15, 0.2) is 16.6 Å². The van der Waals surface area contributed by atoms with Crippen molar-refractivity contribution in [2.24, 2.45) is 0 Å². The summed E-state index contributed by atoms with van der Waals surface area (Å²) in [5.41, 5.74) is 6.63. The van der Waals surface area contributed by atoms with E-state index in [4.69, 9.17) is 15.2 Å². The van der Waals surface area contributed by atoms with Crippen LogP contribution in [0.3, 0.4) is 0 Å². The van der Waals surface area contributed by atoms with Crippen LogP contribution in [-0.4, -0.2) is 18.2 Å². The van der Waals surface area contributed by atoms with E-state index in [0.717, 1.165) is 39.0 Å². The van der Waals surface area contributed by atoms with E-state index >= 15 is 0 Å². The van der Waals surface area contributed by atoms with Crippen LogP contribution in [0.25, 0.3) is 10.2 Å². The number of hydrogen-bond acceptors (Lipinski definition) is 5. The highest BCUT2D eigenvalue weighted by molar-refractivity contribution is 9.10. The second-order valence-electron chi connectivity index (χ2n) is 4.11. The molecule has 0 saturated heterocycles. The minimum absolute atomic E-state index is 0.532. The Morgan fingerprint density at radius 2 is 1.95 bits per heavy atom. The van der Waals surface area contributed by atoms with Gasteiger partial charge in [0, 0.05) is 10.5 Å². The molecule has 0 aliphatic carbocycles. The molecule has 1 aromatic heterocycles. The van der Waals surface area contributed by atoms with Crippen LogP contribution < -0.4 is 15.2 Å². The van der Waals surface area contributed by atoms with E-state index in [-0.39, 0.29) is 0 Å². The normalized spacial score (nSPS) is 10.9. The van der Waals surface area contributed by atoms with E-state index in [0.29, 0.717) is 18.3 Å². The second kappa shape index (κ2) is 6.43. The van der Waals surface area contributed by atoms with Gasteiger partial charge in [-0.05, 0) is 28.8 Å². The number of ether oxygens (including phenoxy) is 2. The lowest BCUT2D eigenvalue weighted by Gasteiger charge is -2.13. The van der Waals surface area contributed by atoms with Gasteiger partial charge < -0.3 is 15.2 Å². The monoisotopic (exact) mass is 344 g/mol. The molecular weight excluding hydrogens is 328 g/mol. The summed E-state index contributed by atoms with van der Waals surface area (Å²) >= 11 is 4.93. The summed E-state index contributed by atoms with van der Waals surface area (Å²) in [6.45, 7) is 5.46. The van der Waals surface area contributed by atoms with Gasteiger partial charge in [-0.3, -0.25) is 0 Å². The van der Waals surface area contributed by atoms with Crippen LogP contribution in [0, 0.1) is 0 Å². The fraction of sp³-hybridized carbons (Fsp3) is 0.462. The number of fused-ring (bicyclic) bond motifs is 1. The first kappa shape index (κ1) is 14.4. The molecule has 1 heterocycles. The van der Waals surface area contributed by atoms with Crippen LogP contribution in [0.5, 0.6) is 11.5 Å². The van der Waals surface area contributed by atoms with Crippen molar-refractivity contribution in [1.82, 2.24) is 4.98 Å². The fourth-order valence-corrected chi connectivity index (χ4v) is 3.15. The summed E-state index contributed by atoms with van der Waals surface area (Å²) in [6.07, 6.45) is 1.90. The van der Waals surface area contributed by atoms with E-state index < -0.39 is 0 Å². The average molecular weight is 345 g/mol. The first-order chi connectivity index (χ1) is 9.17. The zero-order valence-electron chi connectivity index (χ0n) is 11.0. The molecule has 0 aliphatic rings. The number of anilines is 1. The SMILES string of the molecule is CCCOc1cc(Br)c2nc(N)sc2c1OCCC. The van der Waals surface area contributed by atoms with Crippen LogP contribution in [-0.2, 0) is 0 Å². The van der Waals surface area contributed by atoms with Gasteiger partial charge in [-0.1, -0.05) is 25.2 Å². The van der Waals surface area contributed by atoms with Crippen LogP contribution in [0.2, 0.25) is 0 Å². The lowest BCUT2D eigenvalue weighted by Crippen LogP contribution is -2.01. The smallest absolute Gasteiger partial charge is 0.181 e. The predicted molar refractivity (Wildman–Crippen MR) is 83.3 cm³/mol. The number of nitrogens with zero attached hydrogens (tertiary/aromatic N) is 1. The molecule has 0 radical (unpaired) electrons. The van der Waals surface area contributed by atoms with E-state index in [1.165, 1.54) is 11.3 Å². The number of thiazole rings is 1. The molecule has 0 aliphatic heterocycles. The van der Waals surface area contributed by atoms with Gasteiger partial charge in [-0.15, -0.1) is 0 Å². The molecule has 6 heteroatoms. The first-order valence-electron chi connectivity index (χ1n) is 6.31. The van der Waals surface area contributed by atoms with E-state index in [2.05, 4.69) is 34.8 Å². The summed E-state index contributed by atoms with van der Waals surface area (Å²) in [7, 11) is 0. The number of nitrogen functional groups attached to an aromatic ring is 1. The quantitative estimate of drug-likeness (QED) is 0.852. The number of aromatic nitrogens is 1. The summed E-state index contributed by atoms with van der Waals surface area (Å²) in [4.78, 5) is 4.32. The van der Waals surface area contributed by atoms with Crippen LogP contribution >= 0.6 is 27.3 Å². The number of halogens is 1. The molecule has 0 atom stereocenters. The molecule has 104 valence electrons. The molecule has 0 spiro atoms. The first-order valence-corrected chi connectivity index (χ1v) is 7.92. The minimum atomic E-state index is 0.532. The number of hydrogen-bond donors (Lipinski definition) is 1. The van der Waals surface area contributed by atoms with Gasteiger partial charge in [0.25, 0.3) is 0 Å². The molecule has 0 bridgehead atoms. The van der Waals surface area contributed by atoms with Crippen molar-refractivity contribution in [3.63, 3.8) is 0 Å². The molecule has 2 N–H and O–H groups in total. The van der Waals surface area contributed by atoms with Gasteiger partial charge in [-0.2, -0.15) is 0 Å². The molecule has 1 aromatic carbocycles. The maximum Gasteiger partial charge on any atom is 0.181 e. The van der Waals surface area contributed by atoms with Crippen molar-refractivity contribution in [3.8, 4) is 11.5 Å². The Balaban J connectivity index is 2.51. The minimum Gasteiger partial charge on any atom is -0.490 e. The maximum atomic E-state index is 5.83. The standard InChI is InChI=1S/C13H17BrN2O2S/c1-3-5-17-9-7-8(14)10-12(19-13(15)16-10)11(9)18-6-4-2/h7H,3-6H2,1-2H3,(H2,15,16). The molecule has 19 heavy (non-hydrogen) atoms. The molecule has 4 nitrogen and oxygen atoms in total. The highest BCUT2D eigenvalue weighted by Gasteiger charge is 2.17. The Morgan fingerprint density at radius 1 is 1.26 bits per heavy atom. The highest BCUT2D eigenvalue weighted by atomic mass is 79.9. The Morgan fingerprint density at radius 3 is 2.63 bits per heavy atom. The van der Waals surface area contributed by atoms with Crippen molar-refractivity contribution in [2.45, 2.75) is 26.7 Å². The zero-order chi connectivity index (χ0) is 13.8. The van der Waals surface area contributed by atoms with E-state index in [9.17, 15) is 0 Å². The third-order valence-corrected chi connectivity index (χ3v) is 3.96. The highest BCUT2D eigenvalue weighted by Crippen LogP contribution is 2.43.